The molecule has 96 valence electrons. The van der Waals surface area contributed by atoms with E-state index in [1.54, 1.807) is 11.4 Å². The van der Waals surface area contributed by atoms with E-state index in [9.17, 15) is 8.42 Å². The molecule has 2 unspecified atom stereocenters. The Morgan fingerprint density at radius 1 is 1.44 bits per heavy atom. The van der Waals surface area contributed by atoms with Crippen LogP contribution >= 0.6 is 0 Å². The van der Waals surface area contributed by atoms with Crippen LogP contribution in [0.1, 0.15) is 27.2 Å². The van der Waals surface area contributed by atoms with Gasteiger partial charge in [0, 0.05) is 32.2 Å². The van der Waals surface area contributed by atoms with Crippen molar-refractivity contribution < 1.29 is 8.42 Å². The lowest BCUT2D eigenvalue weighted by Gasteiger charge is -2.37. The molecular weight excluding hydrogens is 226 g/mol. The van der Waals surface area contributed by atoms with Crippen molar-refractivity contribution in [3.05, 3.63) is 0 Å². The Bertz CT molecular complexity index is 329. The first-order chi connectivity index (χ1) is 7.26. The minimum atomic E-state index is -3.31. The molecule has 0 aliphatic carbocycles. The second-order valence-electron chi connectivity index (χ2n) is 4.91. The summed E-state index contributed by atoms with van der Waals surface area (Å²) in [6.07, 6.45) is 0.742. The highest BCUT2D eigenvalue weighted by Crippen LogP contribution is 2.20. The van der Waals surface area contributed by atoms with Gasteiger partial charge in [0.15, 0.2) is 0 Å². The third kappa shape index (κ3) is 2.74. The van der Waals surface area contributed by atoms with Gasteiger partial charge < -0.3 is 5.73 Å². The van der Waals surface area contributed by atoms with E-state index in [0.29, 0.717) is 13.1 Å². The fraction of sp³-hybridized carbons (Fsp3) is 1.00. The molecule has 1 rings (SSSR count). The lowest BCUT2D eigenvalue weighted by atomic mass is 9.96. The van der Waals surface area contributed by atoms with E-state index in [0.717, 1.165) is 6.42 Å². The molecule has 2 atom stereocenters. The quantitative estimate of drug-likeness (QED) is 0.779. The Hall–Kier alpha value is -0.170. The molecule has 0 aromatic heterocycles. The van der Waals surface area contributed by atoms with Crippen LogP contribution in [0.4, 0.5) is 0 Å². The number of hydrogen-bond acceptors (Lipinski definition) is 3. The van der Waals surface area contributed by atoms with Gasteiger partial charge in [0.2, 0.25) is 0 Å². The maximum absolute atomic E-state index is 12.2. The van der Waals surface area contributed by atoms with Gasteiger partial charge in [-0.25, -0.2) is 0 Å². The van der Waals surface area contributed by atoms with Gasteiger partial charge >= 0.3 is 0 Å². The van der Waals surface area contributed by atoms with Crippen molar-refractivity contribution in [3.8, 4) is 0 Å². The Kier molecular flexibility index (Phi) is 4.34. The summed E-state index contributed by atoms with van der Waals surface area (Å²) in [6, 6.07) is 0.103. The molecule has 2 N–H and O–H groups in total. The zero-order chi connectivity index (χ0) is 12.5. The molecule has 0 spiro atoms. The average molecular weight is 249 g/mol. The van der Waals surface area contributed by atoms with Crippen molar-refractivity contribution in [2.45, 2.75) is 39.3 Å². The van der Waals surface area contributed by atoms with Gasteiger partial charge in [-0.2, -0.15) is 17.0 Å². The summed E-state index contributed by atoms with van der Waals surface area (Å²) in [5.41, 5.74) is 5.88. The van der Waals surface area contributed by atoms with E-state index in [2.05, 4.69) is 0 Å². The van der Waals surface area contributed by atoms with Gasteiger partial charge in [-0.1, -0.05) is 6.92 Å². The van der Waals surface area contributed by atoms with Crippen LogP contribution in [0.15, 0.2) is 0 Å². The van der Waals surface area contributed by atoms with E-state index in [4.69, 9.17) is 5.73 Å². The predicted molar refractivity (Wildman–Crippen MR) is 65.1 cm³/mol. The lowest BCUT2D eigenvalue weighted by Crippen LogP contribution is -2.52. The number of nitrogens with zero attached hydrogens (tertiary/aromatic N) is 2. The van der Waals surface area contributed by atoms with Crippen LogP contribution < -0.4 is 5.73 Å². The SMILES string of the molecule is CC1CN(S(=O)(=O)N(C)C(C)C)CCC1N. The number of nitrogens with two attached hydrogens (primary N) is 1. The molecule has 1 saturated heterocycles. The molecule has 1 fully saturated rings. The minimum absolute atomic E-state index is 0.0177. The fourth-order valence-electron chi connectivity index (χ4n) is 1.78. The summed E-state index contributed by atoms with van der Waals surface area (Å²) in [6.45, 7) is 6.81. The predicted octanol–water partition coefficient (Wildman–Crippen LogP) is 0.241. The van der Waals surface area contributed by atoms with Crippen LogP contribution in [0.3, 0.4) is 0 Å². The smallest absolute Gasteiger partial charge is 0.281 e. The summed E-state index contributed by atoms with van der Waals surface area (Å²) < 4.78 is 27.3. The van der Waals surface area contributed by atoms with Gasteiger partial charge in [-0.3, -0.25) is 0 Å². The van der Waals surface area contributed by atoms with E-state index in [1.165, 1.54) is 4.31 Å². The van der Waals surface area contributed by atoms with Crippen LogP contribution in [0.5, 0.6) is 0 Å². The first kappa shape index (κ1) is 13.9. The van der Waals surface area contributed by atoms with Crippen LogP contribution in [-0.2, 0) is 10.2 Å². The second-order valence-corrected chi connectivity index (χ2v) is 6.89. The van der Waals surface area contributed by atoms with Gasteiger partial charge in [0.1, 0.15) is 0 Å². The summed E-state index contributed by atoms with van der Waals surface area (Å²) in [5, 5.41) is 0. The molecule has 0 amide bonds. The van der Waals surface area contributed by atoms with Crippen LogP contribution in [0.25, 0.3) is 0 Å². The van der Waals surface area contributed by atoms with E-state index >= 15 is 0 Å². The highest BCUT2D eigenvalue weighted by molar-refractivity contribution is 7.86. The van der Waals surface area contributed by atoms with Crippen molar-refractivity contribution in [1.29, 1.82) is 0 Å². The maximum Gasteiger partial charge on any atom is 0.281 e. The molecule has 1 heterocycles. The van der Waals surface area contributed by atoms with Crippen molar-refractivity contribution in [2.75, 3.05) is 20.1 Å². The van der Waals surface area contributed by atoms with Crippen LogP contribution in [0, 0.1) is 5.92 Å². The second kappa shape index (κ2) is 5.00. The summed E-state index contributed by atoms with van der Waals surface area (Å²) in [7, 11) is -1.68. The van der Waals surface area contributed by atoms with Gasteiger partial charge in [-0.05, 0) is 26.2 Å². The molecule has 0 bridgehead atoms. The van der Waals surface area contributed by atoms with E-state index < -0.39 is 10.2 Å². The zero-order valence-corrected chi connectivity index (χ0v) is 11.4. The summed E-state index contributed by atoms with van der Waals surface area (Å²) >= 11 is 0. The molecule has 6 heteroatoms. The van der Waals surface area contributed by atoms with Crippen LogP contribution in [-0.4, -0.2) is 49.2 Å². The molecule has 5 nitrogen and oxygen atoms in total. The monoisotopic (exact) mass is 249 g/mol. The molecule has 16 heavy (non-hydrogen) atoms. The normalized spacial score (nSPS) is 28.9. The Morgan fingerprint density at radius 3 is 2.44 bits per heavy atom. The highest BCUT2D eigenvalue weighted by atomic mass is 32.2. The molecule has 0 radical (unpaired) electrons. The molecular formula is C10H23N3O2S. The van der Waals surface area contributed by atoms with Crippen molar-refractivity contribution in [3.63, 3.8) is 0 Å². The van der Waals surface area contributed by atoms with Crippen molar-refractivity contribution in [2.24, 2.45) is 11.7 Å². The Labute approximate surface area is 98.8 Å². The van der Waals surface area contributed by atoms with E-state index in [1.807, 2.05) is 20.8 Å². The first-order valence-electron chi connectivity index (χ1n) is 5.75. The molecule has 1 aliphatic heterocycles. The highest BCUT2D eigenvalue weighted by Gasteiger charge is 2.34. The largest absolute Gasteiger partial charge is 0.327 e. The standard InChI is InChI=1S/C10H23N3O2S/c1-8(2)12(4)16(14,15)13-6-5-10(11)9(3)7-13/h8-10H,5-7,11H2,1-4H3. The van der Waals surface area contributed by atoms with Gasteiger partial charge in [-0.15, -0.1) is 0 Å². The maximum atomic E-state index is 12.2. The first-order valence-corrected chi connectivity index (χ1v) is 7.15. The van der Waals surface area contributed by atoms with Gasteiger partial charge in [0.05, 0.1) is 0 Å². The van der Waals surface area contributed by atoms with Gasteiger partial charge in [0.25, 0.3) is 10.2 Å². The summed E-state index contributed by atoms with van der Waals surface area (Å²) in [4.78, 5) is 0. The molecule has 0 aromatic carbocycles. The van der Waals surface area contributed by atoms with Crippen molar-refractivity contribution in [1.82, 2.24) is 8.61 Å². The lowest BCUT2D eigenvalue weighted by molar-refractivity contribution is 0.233. The number of piperidine rings is 1. The molecule has 0 saturated carbocycles. The third-order valence-electron chi connectivity index (χ3n) is 3.35. The molecule has 0 aromatic rings. The number of hydrogen-bond donors (Lipinski definition) is 1. The summed E-state index contributed by atoms with van der Waals surface area (Å²) in [5.74, 6) is 0.226. The Balaban J connectivity index is 2.78. The topological polar surface area (TPSA) is 66.6 Å². The number of rotatable bonds is 3. The van der Waals surface area contributed by atoms with E-state index in [-0.39, 0.29) is 18.0 Å². The fourth-order valence-corrected chi connectivity index (χ4v) is 3.44. The van der Waals surface area contributed by atoms with Crippen molar-refractivity contribution >= 4 is 10.2 Å². The Morgan fingerprint density at radius 2 is 2.00 bits per heavy atom. The third-order valence-corrected chi connectivity index (χ3v) is 5.49. The average Bonchev–Trinajstić information content (AvgIpc) is 2.20. The van der Waals surface area contributed by atoms with Crippen LogP contribution in [0.2, 0.25) is 0 Å². The molecule has 1 aliphatic rings. The zero-order valence-electron chi connectivity index (χ0n) is 10.5. The minimum Gasteiger partial charge on any atom is -0.327 e.